The lowest BCUT2D eigenvalue weighted by Gasteiger charge is -2.02. The molecule has 0 radical (unpaired) electrons. The molecule has 0 bridgehead atoms. The van der Waals surface area contributed by atoms with Crippen molar-refractivity contribution in [2.24, 2.45) is 0 Å². The Labute approximate surface area is 84.2 Å². The Kier molecular flexibility index (Phi) is 3.28. The van der Waals surface area contributed by atoms with Crippen LogP contribution in [0.25, 0.3) is 0 Å². The van der Waals surface area contributed by atoms with E-state index in [1.54, 1.807) is 10.9 Å². The average molecular weight is 217 g/mol. The minimum atomic E-state index is -3.19. The fourth-order valence-corrected chi connectivity index (χ4v) is 2.06. The number of hydrogen-bond acceptors (Lipinski definition) is 3. The van der Waals surface area contributed by atoms with E-state index in [0.717, 1.165) is 17.8 Å². The predicted molar refractivity (Wildman–Crippen MR) is 54.3 cm³/mol. The number of rotatable bonds is 4. The Balaban J connectivity index is 2.93. The molecule has 0 aliphatic carbocycles. The first-order valence-corrected chi connectivity index (χ1v) is 6.08. The Hall–Kier alpha value is -0.880. The van der Waals surface area contributed by atoms with Crippen LogP contribution in [0.2, 0.25) is 0 Å². The van der Waals surface area contributed by atoms with Gasteiger partial charge in [-0.15, -0.1) is 0 Å². The second-order valence-corrected chi connectivity index (χ2v) is 4.96. The first-order chi connectivity index (χ1) is 6.50. The van der Waals surface area contributed by atoms with Gasteiger partial charge in [0.15, 0.2) is 0 Å². The Morgan fingerprint density at radius 2 is 2.21 bits per heavy atom. The van der Waals surface area contributed by atoms with Gasteiger partial charge in [-0.2, -0.15) is 5.10 Å². The smallest absolute Gasteiger partial charge is 0.215 e. The molecule has 0 unspecified atom stereocenters. The van der Waals surface area contributed by atoms with Gasteiger partial charge in [0.05, 0.1) is 11.9 Å². The Morgan fingerprint density at radius 3 is 2.64 bits per heavy atom. The molecule has 0 aliphatic heterocycles. The highest BCUT2D eigenvalue weighted by atomic mass is 32.2. The molecule has 0 aromatic carbocycles. The van der Waals surface area contributed by atoms with Crippen molar-refractivity contribution >= 4 is 10.0 Å². The molecule has 0 amide bonds. The van der Waals surface area contributed by atoms with Gasteiger partial charge in [0.2, 0.25) is 10.0 Å². The number of sulfonamides is 1. The summed E-state index contributed by atoms with van der Waals surface area (Å²) in [5.41, 5.74) is 1.66. The molecular formula is C8H15N3O2S. The van der Waals surface area contributed by atoms with Crippen LogP contribution in [0.4, 0.5) is 0 Å². The zero-order valence-electron chi connectivity index (χ0n) is 8.61. The van der Waals surface area contributed by atoms with Crippen LogP contribution < -0.4 is 4.72 Å². The van der Waals surface area contributed by atoms with Gasteiger partial charge in [0, 0.05) is 17.8 Å². The van der Waals surface area contributed by atoms with Crippen LogP contribution in [-0.2, 0) is 22.3 Å². The molecule has 1 rings (SSSR count). The molecule has 6 heteroatoms. The zero-order valence-corrected chi connectivity index (χ0v) is 9.43. The number of nitrogens with one attached hydrogen (secondary N) is 1. The van der Waals surface area contributed by atoms with E-state index >= 15 is 0 Å². The van der Waals surface area contributed by atoms with Crippen molar-refractivity contribution in [3.63, 3.8) is 0 Å². The molecule has 14 heavy (non-hydrogen) atoms. The zero-order chi connectivity index (χ0) is 10.8. The minimum Gasteiger partial charge on any atom is -0.270 e. The molecule has 0 spiro atoms. The van der Waals surface area contributed by atoms with Crippen molar-refractivity contribution in [1.82, 2.24) is 14.5 Å². The highest BCUT2D eigenvalue weighted by Crippen LogP contribution is 2.10. The third kappa shape index (κ3) is 2.33. The molecule has 0 saturated heterocycles. The fourth-order valence-electron chi connectivity index (χ4n) is 1.22. The van der Waals surface area contributed by atoms with Crippen molar-refractivity contribution in [2.75, 3.05) is 7.05 Å². The van der Waals surface area contributed by atoms with Gasteiger partial charge >= 0.3 is 0 Å². The van der Waals surface area contributed by atoms with Crippen LogP contribution in [0, 0.1) is 6.92 Å². The van der Waals surface area contributed by atoms with Crippen LogP contribution in [0.1, 0.15) is 18.2 Å². The second-order valence-electron chi connectivity index (χ2n) is 3.03. The molecule has 5 nitrogen and oxygen atoms in total. The molecule has 0 saturated carbocycles. The number of aromatic nitrogens is 2. The van der Waals surface area contributed by atoms with E-state index in [0.29, 0.717) is 0 Å². The van der Waals surface area contributed by atoms with Gasteiger partial charge in [-0.3, -0.25) is 4.68 Å². The Morgan fingerprint density at radius 1 is 1.57 bits per heavy atom. The predicted octanol–water partition coefficient (Wildman–Crippen LogP) is 0.261. The summed E-state index contributed by atoms with van der Waals surface area (Å²) in [6, 6.07) is 0. The van der Waals surface area contributed by atoms with Crippen LogP contribution in [0.5, 0.6) is 0 Å². The molecule has 1 aromatic heterocycles. The highest BCUT2D eigenvalue weighted by molar-refractivity contribution is 7.88. The molecule has 0 atom stereocenters. The van der Waals surface area contributed by atoms with E-state index in [1.807, 2.05) is 13.8 Å². The SMILES string of the molecule is CCn1ncc(CS(=O)(=O)NC)c1C. The molecule has 80 valence electrons. The standard InChI is InChI=1S/C8H15N3O2S/c1-4-11-7(2)8(5-10-11)6-14(12,13)9-3/h5,9H,4,6H2,1-3H3. The van der Waals surface area contributed by atoms with Gasteiger partial charge < -0.3 is 0 Å². The van der Waals surface area contributed by atoms with Crippen LogP contribution in [0.15, 0.2) is 6.20 Å². The molecule has 1 aromatic rings. The minimum absolute atomic E-state index is 0.00463. The van der Waals surface area contributed by atoms with Crippen molar-refractivity contribution in [3.05, 3.63) is 17.5 Å². The van der Waals surface area contributed by atoms with Crippen molar-refractivity contribution in [1.29, 1.82) is 0 Å². The lowest BCUT2D eigenvalue weighted by molar-refractivity contribution is 0.587. The van der Waals surface area contributed by atoms with E-state index < -0.39 is 10.0 Å². The summed E-state index contributed by atoms with van der Waals surface area (Å²) < 4.78 is 26.6. The number of nitrogens with zero attached hydrogens (tertiary/aromatic N) is 2. The lowest BCUT2D eigenvalue weighted by atomic mass is 10.3. The largest absolute Gasteiger partial charge is 0.270 e. The van der Waals surface area contributed by atoms with E-state index in [2.05, 4.69) is 9.82 Å². The summed E-state index contributed by atoms with van der Waals surface area (Å²) in [5.74, 6) is -0.00463. The normalized spacial score (nSPS) is 11.9. The van der Waals surface area contributed by atoms with Gasteiger partial charge in [-0.05, 0) is 20.9 Å². The third-order valence-corrected chi connectivity index (χ3v) is 3.47. The summed E-state index contributed by atoms with van der Waals surface area (Å²) in [4.78, 5) is 0. The fraction of sp³-hybridized carbons (Fsp3) is 0.625. The van der Waals surface area contributed by atoms with Crippen LogP contribution >= 0.6 is 0 Å². The molecule has 0 aliphatic rings. The molecular weight excluding hydrogens is 202 g/mol. The van der Waals surface area contributed by atoms with Crippen molar-refractivity contribution < 1.29 is 8.42 Å². The first kappa shape index (κ1) is 11.2. The average Bonchev–Trinajstić information content (AvgIpc) is 2.47. The summed E-state index contributed by atoms with van der Waals surface area (Å²) in [6.07, 6.45) is 1.60. The third-order valence-electron chi connectivity index (χ3n) is 2.16. The monoisotopic (exact) mass is 217 g/mol. The topological polar surface area (TPSA) is 64.0 Å². The maximum Gasteiger partial charge on any atom is 0.215 e. The quantitative estimate of drug-likeness (QED) is 0.787. The second kappa shape index (κ2) is 4.10. The number of hydrogen-bond donors (Lipinski definition) is 1. The summed E-state index contributed by atoms with van der Waals surface area (Å²) >= 11 is 0. The summed E-state index contributed by atoms with van der Waals surface area (Å²) in [7, 11) is -1.78. The van der Waals surface area contributed by atoms with Crippen LogP contribution in [-0.4, -0.2) is 25.2 Å². The maximum atomic E-state index is 11.3. The molecule has 1 heterocycles. The molecule has 0 fully saturated rings. The first-order valence-electron chi connectivity index (χ1n) is 4.42. The van der Waals surface area contributed by atoms with Crippen molar-refractivity contribution in [2.45, 2.75) is 26.1 Å². The maximum absolute atomic E-state index is 11.3. The van der Waals surface area contributed by atoms with Gasteiger partial charge in [0.25, 0.3) is 0 Å². The highest BCUT2D eigenvalue weighted by Gasteiger charge is 2.13. The summed E-state index contributed by atoms with van der Waals surface area (Å²) in [5, 5.41) is 4.08. The van der Waals surface area contributed by atoms with Gasteiger partial charge in [-0.25, -0.2) is 13.1 Å². The van der Waals surface area contributed by atoms with Crippen molar-refractivity contribution in [3.8, 4) is 0 Å². The summed E-state index contributed by atoms with van der Waals surface area (Å²) in [6.45, 7) is 4.60. The van der Waals surface area contributed by atoms with Gasteiger partial charge in [0.1, 0.15) is 0 Å². The lowest BCUT2D eigenvalue weighted by Crippen LogP contribution is -2.20. The van der Waals surface area contributed by atoms with E-state index in [1.165, 1.54) is 7.05 Å². The van der Waals surface area contributed by atoms with Crippen LogP contribution in [0.3, 0.4) is 0 Å². The van der Waals surface area contributed by atoms with E-state index in [-0.39, 0.29) is 5.75 Å². The Bertz CT molecular complexity index is 408. The van der Waals surface area contributed by atoms with E-state index in [9.17, 15) is 8.42 Å². The van der Waals surface area contributed by atoms with E-state index in [4.69, 9.17) is 0 Å². The number of aryl methyl sites for hydroxylation is 1. The molecule has 1 N–H and O–H groups in total. The van der Waals surface area contributed by atoms with Gasteiger partial charge in [-0.1, -0.05) is 0 Å².